The molecule has 0 saturated carbocycles. The van der Waals surface area contributed by atoms with Crippen molar-refractivity contribution in [1.82, 2.24) is 0 Å². The van der Waals surface area contributed by atoms with E-state index in [9.17, 15) is 0 Å². The van der Waals surface area contributed by atoms with Crippen molar-refractivity contribution in [3.05, 3.63) is 29.3 Å². The third-order valence-corrected chi connectivity index (χ3v) is 2.21. The molecule has 0 heterocycles. The van der Waals surface area contributed by atoms with Gasteiger partial charge in [-0.05, 0) is 12.1 Å². The van der Waals surface area contributed by atoms with E-state index >= 15 is 0 Å². The van der Waals surface area contributed by atoms with E-state index in [-0.39, 0.29) is 0 Å². The molecule has 2 nitrogen and oxygen atoms in total. The fraction of sp³-hybridized carbons (Fsp3) is 0.400. The van der Waals surface area contributed by atoms with Crippen LogP contribution in [0, 0.1) is 0 Å². The van der Waals surface area contributed by atoms with Crippen LogP contribution in [0.5, 0.6) is 0 Å². The Balaban J connectivity index is 2.65. The lowest BCUT2D eigenvalue weighted by atomic mass is 10.3. The molecule has 0 unspecified atom stereocenters. The second-order valence-electron chi connectivity index (χ2n) is 2.87. The van der Waals surface area contributed by atoms with E-state index in [0.29, 0.717) is 6.61 Å². The summed E-state index contributed by atoms with van der Waals surface area (Å²) in [6.45, 7) is 1.56. The Bertz CT molecular complexity index is 265. The van der Waals surface area contributed by atoms with E-state index in [4.69, 9.17) is 16.3 Å². The predicted molar refractivity (Wildman–Crippen MR) is 56.6 cm³/mol. The first-order valence-electron chi connectivity index (χ1n) is 4.20. The first-order valence-corrected chi connectivity index (χ1v) is 4.58. The van der Waals surface area contributed by atoms with Crippen LogP contribution in [0.2, 0.25) is 5.02 Å². The van der Waals surface area contributed by atoms with E-state index in [2.05, 4.69) is 4.90 Å². The van der Waals surface area contributed by atoms with E-state index in [1.165, 1.54) is 0 Å². The van der Waals surface area contributed by atoms with Gasteiger partial charge in [-0.25, -0.2) is 0 Å². The van der Waals surface area contributed by atoms with Crippen molar-refractivity contribution in [1.29, 1.82) is 0 Å². The molecule has 0 aliphatic rings. The van der Waals surface area contributed by atoms with Crippen LogP contribution in [0.15, 0.2) is 24.3 Å². The first-order chi connectivity index (χ1) is 6.25. The molecule has 0 saturated heterocycles. The molecule has 1 rings (SSSR count). The van der Waals surface area contributed by atoms with Crippen LogP contribution in [-0.4, -0.2) is 27.3 Å². The van der Waals surface area contributed by atoms with E-state index in [1.807, 2.05) is 31.3 Å². The molecule has 72 valence electrons. The van der Waals surface area contributed by atoms with Gasteiger partial charge in [-0.3, -0.25) is 0 Å². The third kappa shape index (κ3) is 2.90. The average molecular weight is 200 g/mol. The van der Waals surface area contributed by atoms with Gasteiger partial charge in [0.1, 0.15) is 0 Å². The molecule has 0 spiro atoms. The van der Waals surface area contributed by atoms with Crippen molar-refractivity contribution >= 4 is 17.3 Å². The summed E-state index contributed by atoms with van der Waals surface area (Å²) in [6.07, 6.45) is 0. The maximum atomic E-state index is 6.02. The summed E-state index contributed by atoms with van der Waals surface area (Å²) >= 11 is 6.02. The highest BCUT2D eigenvalue weighted by atomic mass is 35.5. The number of para-hydroxylation sites is 1. The zero-order valence-electron chi connectivity index (χ0n) is 7.96. The van der Waals surface area contributed by atoms with Gasteiger partial charge >= 0.3 is 0 Å². The molecule has 0 bridgehead atoms. The molecular formula is C10H14ClNO. The minimum absolute atomic E-state index is 0.710. The third-order valence-electron chi connectivity index (χ3n) is 1.89. The molecule has 0 fully saturated rings. The average Bonchev–Trinajstić information content (AvgIpc) is 2.15. The largest absolute Gasteiger partial charge is 0.383 e. The van der Waals surface area contributed by atoms with Gasteiger partial charge in [0.05, 0.1) is 17.3 Å². The molecular weight excluding hydrogens is 186 g/mol. The second kappa shape index (κ2) is 5.10. The standard InChI is InChI=1S/C10H14ClNO/c1-12(7-8-13-2)10-6-4-3-5-9(10)11/h3-6H,7-8H2,1-2H3. The van der Waals surface area contributed by atoms with E-state index < -0.39 is 0 Å². The SMILES string of the molecule is COCCN(C)c1ccccc1Cl. The minimum Gasteiger partial charge on any atom is -0.383 e. The number of hydrogen-bond donors (Lipinski definition) is 0. The van der Waals surface area contributed by atoms with Crippen LogP contribution in [0.1, 0.15) is 0 Å². The summed E-state index contributed by atoms with van der Waals surface area (Å²) in [6, 6.07) is 7.79. The molecule has 0 radical (unpaired) electrons. The number of ether oxygens (including phenoxy) is 1. The van der Waals surface area contributed by atoms with Crippen LogP contribution in [0.25, 0.3) is 0 Å². The lowest BCUT2D eigenvalue weighted by Crippen LogP contribution is -2.22. The lowest BCUT2D eigenvalue weighted by molar-refractivity contribution is 0.206. The van der Waals surface area contributed by atoms with Gasteiger partial charge in [-0.1, -0.05) is 23.7 Å². The van der Waals surface area contributed by atoms with Gasteiger partial charge in [0.25, 0.3) is 0 Å². The molecule has 0 aliphatic carbocycles. The monoisotopic (exact) mass is 199 g/mol. The summed E-state index contributed by atoms with van der Waals surface area (Å²) in [5.41, 5.74) is 1.04. The molecule has 3 heteroatoms. The Hall–Kier alpha value is -0.730. The van der Waals surface area contributed by atoms with Crippen LogP contribution < -0.4 is 4.90 Å². The van der Waals surface area contributed by atoms with Gasteiger partial charge < -0.3 is 9.64 Å². The Morgan fingerprint density at radius 2 is 2.08 bits per heavy atom. The Labute approximate surface area is 84.1 Å². The number of likely N-dealkylation sites (N-methyl/N-ethyl adjacent to an activating group) is 1. The molecule has 0 amide bonds. The summed E-state index contributed by atoms with van der Waals surface area (Å²) in [5, 5.41) is 0.779. The summed E-state index contributed by atoms with van der Waals surface area (Å²) in [7, 11) is 3.70. The highest BCUT2D eigenvalue weighted by Crippen LogP contribution is 2.23. The quantitative estimate of drug-likeness (QED) is 0.739. The van der Waals surface area contributed by atoms with Gasteiger partial charge in [-0.15, -0.1) is 0 Å². The van der Waals surface area contributed by atoms with Crippen molar-refractivity contribution < 1.29 is 4.74 Å². The maximum absolute atomic E-state index is 6.02. The van der Waals surface area contributed by atoms with Crippen LogP contribution in [-0.2, 0) is 4.74 Å². The van der Waals surface area contributed by atoms with Crippen molar-refractivity contribution in [2.45, 2.75) is 0 Å². The molecule has 0 N–H and O–H groups in total. The zero-order chi connectivity index (χ0) is 9.68. The smallest absolute Gasteiger partial charge is 0.0639 e. The number of halogens is 1. The van der Waals surface area contributed by atoms with Crippen molar-refractivity contribution in [3.63, 3.8) is 0 Å². The highest BCUT2D eigenvalue weighted by Gasteiger charge is 2.03. The molecule has 1 aromatic rings. The summed E-state index contributed by atoms with van der Waals surface area (Å²) in [4.78, 5) is 2.08. The highest BCUT2D eigenvalue weighted by molar-refractivity contribution is 6.33. The van der Waals surface area contributed by atoms with Crippen LogP contribution >= 0.6 is 11.6 Å². The molecule has 0 aromatic heterocycles. The van der Waals surface area contributed by atoms with E-state index in [0.717, 1.165) is 17.3 Å². The van der Waals surface area contributed by atoms with Crippen molar-refractivity contribution in [2.24, 2.45) is 0 Å². The van der Waals surface area contributed by atoms with E-state index in [1.54, 1.807) is 7.11 Å². The zero-order valence-corrected chi connectivity index (χ0v) is 8.71. The topological polar surface area (TPSA) is 12.5 Å². The molecule has 0 atom stereocenters. The van der Waals surface area contributed by atoms with Crippen molar-refractivity contribution in [3.8, 4) is 0 Å². The maximum Gasteiger partial charge on any atom is 0.0639 e. The number of methoxy groups -OCH3 is 1. The number of nitrogens with zero attached hydrogens (tertiary/aromatic N) is 1. The van der Waals surface area contributed by atoms with Gasteiger partial charge in [0.15, 0.2) is 0 Å². The number of benzene rings is 1. The number of hydrogen-bond acceptors (Lipinski definition) is 2. The van der Waals surface area contributed by atoms with Gasteiger partial charge in [-0.2, -0.15) is 0 Å². The molecule has 1 aromatic carbocycles. The fourth-order valence-corrected chi connectivity index (χ4v) is 1.39. The van der Waals surface area contributed by atoms with Gasteiger partial charge in [0, 0.05) is 20.7 Å². The summed E-state index contributed by atoms with van der Waals surface area (Å²) in [5.74, 6) is 0. The summed E-state index contributed by atoms with van der Waals surface area (Å²) < 4.78 is 4.99. The lowest BCUT2D eigenvalue weighted by Gasteiger charge is -2.19. The van der Waals surface area contributed by atoms with Crippen molar-refractivity contribution in [2.75, 3.05) is 32.2 Å². The minimum atomic E-state index is 0.710. The molecule has 13 heavy (non-hydrogen) atoms. The predicted octanol–water partition coefficient (Wildman–Crippen LogP) is 2.42. The number of anilines is 1. The van der Waals surface area contributed by atoms with Crippen LogP contribution in [0.3, 0.4) is 0 Å². The fourth-order valence-electron chi connectivity index (χ4n) is 1.11. The molecule has 0 aliphatic heterocycles. The Morgan fingerprint density at radius 3 is 2.69 bits per heavy atom. The van der Waals surface area contributed by atoms with Gasteiger partial charge in [0.2, 0.25) is 0 Å². The first kappa shape index (κ1) is 10.4. The Morgan fingerprint density at radius 1 is 1.38 bits per heavy atom. The number of rotatable bonds is 4. The normalized spacial score (nSPS) is 10.1. The Kier molecular flexibility index (Phi) is 4.06. The van der Waals surface area contributed by atoms with Crippen LogP contribution in [0.4, 0.5) is 5.69 Å². The second-order valence-corrected chi connectivity index (χ2v) is 3.27.